The standard InChI is InChI=1S/C13H20N2O5S2/c1-11(2)14-21(16,17)12-4-3-5-13(10-12)22(18,19)15-6-8-20-9-7-15/h3-5,10-11,14H,6-9H2,1-2H3. The van der Waals surface area contributed by atoms with Crippen molar-refractivity contribution in [2.24, 2.45) is 0 Å². The van der Waals surface area contributed by atoms with Gasteiger partial charge in [-0.2, -0.15) is 4.31 Å². The maximum atomic E-state index is 12.5. The molecule has 7 nitrogen and oxygen atoms in total. The van der Waals surface area contributed by atoms with Gasteiger partial charge in [0.2, 0.25) is 20.0 Å². The van der Waals surface area contributed by atoms with E-state index in [0.29, 0.717) is 13.2 Å². The van der Waals surface area contributed by atoms with Gasteiger partial charge in [-0.05, 0) is 32.0 Å². The number of hydrogen-bond donors (Lipinski definition) is 1. The zero-order valence-corrected chi connectivity index (χ0v) is 14.2. The smallest absolute Gasteiger partial charge is 0.243 e. The van der Waals surface area contributed by atoms with E-state index in [9.17, 15) is 16.8 Å². The predicted octanol–water partition coefficient (Wildman–Crippen LogP) is 0.394. The summed E-state index contributed by atoms with van der Waals surface area (Å²) in [5, 5.41) is 0. The van der Waals surface area contributed by atoms with Gasteiger partial charge < -0.3 is 4.74 Å². The van der Waals surface area contributed by atoms with Crippen molar-refractivity contribution in [3.63, 3.8) is 0 Å². The van der Waals surface area contributed by atoms with Gasteiger partial charge in [0.15, 0.2) is 0 Å². The minimum absolute atomic E-state index is 0.0268. The third kappa shape index (κ3) is 3.85. The van der Waals surface area contributed by atoms with Crippen LogP contribution in [-0.2, 0) is 24.8 Å². The minimum atomic E-state index is -3.73. The maximum absolute atomic E-state index is 12.5. The fourth-order valence-electron chi connectivity index (χ4n) is 2.12. The fraction of sp³-hybridized carbons (Fsp3) is 0.538. The molecule has 1 heterocycles. The number of benzene rings is 1. The van der Waals surface area contributed by atoms with Crippen LogP contribution in [0.5, 0.6) is 0 Å². The van der Waals surface area contributed by atoms with E-state index in [2.05, 4.69) is 4.72 Å². The molecule has 1 aromatic rings. The van der Waals surface area contributed by atoms with Crippen molar-refractivity contribution in [3.05, 3.63) is 24.3 Å². The zero-order valence-electron chi connectivity index (χ0n) is 12.5. The maximum Gasteiger partial charge on any atom is 0.243 e. The molecule has 0 saturated carbocycles. The Morgan fingerprint density at radius 1 is 1.09 bits per heavy atom. The summed E-state index contributed by atoms with van der Waals surface area (Å²) < 4.78 is 58.3. The van der Waals surface area contributed by atoms with Crippen LogP contribution in [0.3, 0.4) is 0 Å². The zero-order chi connectivity index (χ0) is 16.4. The Balaban J connectivity index is 2.36. The highest BCUT2D eigenvalue weighted by atomic mass is 32.2. The molecule has 0 unspecified atom stereocenters. The molecule has 2 rings (SSSR count). The average molecular weight is 348 g/mol. The molecule has 0 aromatic heterocycles. The van der Waals surface area contributed by atoms with E-state index >= 15 is 0 Å². The first kappa shape index (κ1) is 17.4. The van der Waals surface area contributed by atoms with Crippen molar-refractivity contribution in [2.75, 3.05) is 26.3 Å². The molecule has 1 saturated heterocycles. The molecule has 22 heavy (non-hydrogen) atoms. The molecule has 0 aliphatic carbocycles. The molecule has 0 spiro atoms. The van der Waals surface area contributed by atoms with Crippen LogP contribution in [0.2, 0.25) is 0 Å². The quantitative estimate of drug-likeness (QED) is 0.831. The predicted molar refractivity (Wildman–Crippen MR) is 81.5 cm³/mol. The first-order valence-corrected chi connectivity index (χ1v) is 9.86. The second-order valence-electron chi connectivity index (χ2n) is 5.27. The van der Waals surface area contributed by atoms with Gasteiger partial charge in [-0.1, -0.05) is 6.07 Å². The van der Waals surface area contributed by atoms with Crippen LogP contribution in [0.15, 0.2) is 34.1 Å². The Hall–Kier alpha value is -1.00. The lowest BCUT2D eigenvalue weighted by atomic mass is 10.4. The van der Waals surface area contributed by atoms with Gasteiger partial charge in [0.1, 0.15) is 0 Å². The summed E-state index contributed by atoms with van der Waals surface area (Å²) in [7, 11) is -7.44. The topological polar surface area (TPSA) is 92.8 Å². The van der Waals surface area contributed by atoms with Gasteiger partial charge >= 0.3 is 0 Å². The summed E-state index contributed by atoms with van der Waals surface area (Å²) in [4.78, 5) is -0.0865. The summed E-state index contributed by atoms with van der Waals surface area (Å²) >= 11 is 0. The number of ether oxygens (including phenoxy) is 1. The number of nitrogens with zero attached hydrogens (tertiary/aromatic N) is 1. The molecule has 1 aliphatic rings. The van der Waals surface area contributed by atoms with Gasteiger partial charge in [0.05, 0.1) is 23.0 Å². The van der Waals surface area contributed by atoms with Gasteiger partial charge in [0.25, 0.3) is 0 Å². The number of hydrogen-bond acceptors (Lipinski definition) is 5. The Morgan fingerprint density at radius 2 is 1.68 bits per heavy atom. The first-order chi connectivity index (χ1) is 10.2. The molecule has 9 heteroatoms. The Morgan fingerprint density at radius 3 is 2.27 bits per heavy atom. The Kier molecular flexibility index (Phi) is 5.23. The number of sulfonamides is 2. The van der Waals surface area contributed by atoms with E-state index in [1.807, 2.05) is 0 Å². The van der Waals surface area contributed by atoms with Gasteiger partial charge in [0, 0.05) is 19.1 Å². The van der Waals surface area contributed by atoms with E-state index in [0.717, 1.165) is 0 Å². The van der Waals surface area contributed by atoms with Crippen molar-refractivity contribution >= 4 is 20.0 Å². The minimum Gasteiger partial charge on any atom is -0.379 e. The lowest BCUT2D eigenvalue weighted by molar-refractivity contribution is 0.0730. The summed E-state index contributed by atoms with van der Waals surface area (Å²) in [6.07, 6.45) is 0. The van der Waals surface area contributed by atoms with Crippen LogP contribution in [0.25, 0.3) is 0 Å². The van der Waals surface area contributed by atoms with Crippen molar-refractivity contribution in [1.82, 2.24) is 9.03 Å². The van der Waals surface area contributed by atoms with E-state index < -0.39 is 20.0 Å². The van der Waals surface area contributed by atoms with Crippen molar-refractivity contribution in [1.29, 1.82) is 0 Å². The van der Waals surface area contributed by atoms with E-state index in [-0.39, 0.29) is 28.9 Å². The highest BCUT2D eigenvalue weighted by Gasteiger charge is 2.27. The molecule has 124 valence electrons. The Labute approximate surface area is 131 Å². The lowest BCUT2D eigenvalue weighted by Gasteiger charge is -2.26. The third-order valence-corrected chi connectivity index (χ3v) is 6.67. The second kappa shape index (κ2) is 6.63. The highest BCUT2D eigenvalue weighted by molar-refractivity contribution is 7.90. The number of nitrogens with one attached hydrogen (secondary N) is 1. The van der Waals surface area contributed by atoms with Crippen LogP contribution in [0, 0.1) is 0 Å². The normalized spacial score (nSPS) is 17.8. The fourth-order valence-corrected chi connectivity index (χ4v) is 4.94. The van der Waals surface area contributed by atoms with E-state index in [1.54, 1.807) is 13.8 Å². The number of morpholine rings is 1. The summed E-state index contributed by atoms with van der Waals surface area (Å²) in [6, 6.07) is 5.13. The SMILES string of the molecule is CC(C)NS(=O)(=O)c1cccc(S(=O)(=O)N2CCOCC2)c1. The van der Waals surface area contributed by atoms with Crippen LogP contribution < -0.4 is 4.72 Å². The van der Waals surface area contributed by atoms with Crippen molar-refractivity contribution in [3.8, 4) is 0 Å². The summed E-state index contributed by atoms with van der Waals surface area (Å²) in [5.74, 6) is 0. The highest BCUT2D eigenvalue weighted by Crippen LogP contribution is 2.20. The van der Waals surface area contributed by atoms with Gasteiger partial charge in [-0.15, -0.1) is 0 Å². The van der Waals surface area contributed by atoms with E-state index in [1.165, 1.54) is 28.6 Å². The van der Waals surface area contributed by atoms with Crippen LogP contribution >= 0.6 is 0 Å². The lowest BCUT2D eigenvalue weighted by Crippen LogP contribution is -2.40. The first-order valence-electron chi connectivity index (χ1n) is 6.94. The van der Waals surface area contributed by atoms with Crippen molar-refractivity contribution < 1.29 is 21.6 Å². The largest absolute Gasteiger partial charge is 0.379 e. The monoisotopic (exact) mass is 348 g/mol. The molecule has 0 bridgehead atoms. The number of rotatable bonds is 5. The Bertz CT molecular complexity index is 723. The molecule has 1 aromatic carbocycles. The van der Waals surface area contributed by atoms with Crippen LogP contribution in [-0.4, -0.2) is 53.5 Å². The second-order valence-corrected chi connectivity index (χ2v) is 8.92. The molecule has 1 aliphatic heterocycles. The van der Waals surface area contributed by atoms with Crippen LogP contribution in [0.4, 0.5) is 0 Å². The summed E-state index contributed by atoms with van der Waals surface area (Å²) in [6.45, 7) is 4.61. The molecule has 0 radical (unpaired) electrons. The van der Waals surface area contributed by atoms with Crippen LogP contribution in [0.1, 0.15) is 13.8 Å². The molecular formula is C13H20N2O5S2. The van der Waals surface area contributed by atoms with Gasteiger partial charge in [-0.25, -0.2) is 21.6 Å². The van der Waals surface area contributed by atoms with Gasteiger partial charge in [-0.3, -0.25) is 0 Å². The summed E-state index contributed by atoms with van der Waals surface area (Å²) in [5.41, 5.74) is 0. The molecule has 0 atom stereocenters. The molecule has 1 N–H and O–H groups in total. The van der Waals surface area contributed by atoms with E-state index in [4.69, 9.17) is 4.74 Å². The molecule has 0 amide bonds. The van der Waals surface area contributed by atoms with Crippen molar-refractivity contribution in [2.45, 2.75) is 29.7 Å². The molecule has 1 fully saturated rings. The third-order valence-electron chi connectivity index (χ3n) is 3.11. The average Bonchev–Trinajstić information content (AvgIpc) is 2.47. The molecular weight excluding hydrogens is 328 g/mol.